The van der Waals surface area contributed by atoms with Crippen LogP contribution >= 0.6 is 11.6 Å². The Morgan fingerprint density at radius 2 is 1.96 bits per heavy atom. The lowest BCUT2D eigenvalue weighted by Gasteiger charge is -2.21. The molecule has 4 nitrogen and oxygen atoms in total. The summed E-state index contributed by atoms with van der Waals surface area (Å²) in [6.45, 7) is 4.00. The van der Waals surface area contributed by atoms with Crippen molar-refractivity contribution in [2.75, 3.05) is 7.11 Å². The van der Waals surface area contributed by atoms with Gasteiger partial charge in [-0.1, -0.05) is 43.6 Å². The Bertz CT molecular complexity index is 712. The predicted molar refractivity (Wildman–Crippen MR) is 93.3 cm³/mol. The fourth-order valence-electron chi connectivity index (χ4n) is 2.41. The number of aliphatic hydroxyl groups excluding tert-OH is 1. The van der Waals surface area contributed by atoms with Crippen LogP contribution in [0.2, 0.25) is 5.02 Å². The molecular weight excluding hydrogens is 328 g/mol. The van der Waals surface area contributed by atoms with Crippen LogP contribution in [0, 0.1) is 0 Å². The number of methoxy groups -OCH3 is 1. The van der Waals surface area contributed by atoms with E-state index in [0.29, 0.717) is 16.3 Å². The molecule has 0 aliphatic rings. The summed E-state index contributed by atoms with van der Waals surface area (Å²) in [4.78, 5) is 12.2. The van der Waals surface area contributed by atoms with Gasteiger partial charge in [-0.2, -0.15) is 0 Å². The van der Waals surface area contributed by atoms with Crippen molar-refractivity contribution in [1.82, 2.24) is 0 Å². The van der Waals surface area contributed by atoms with Crippen LogP contribution < -0.4 is 4.74 Å². The predicted octanol–water partition coefficient (Wildman–Crippen LogP) is 4.25. The molecule has 0 saturated carbocycles. The second kappa shape index (κ2) is 8.18. The highest BCUT2D eigenvalue weighted by molar-refractivity contribution is 6.30. The SMILES string of the molecule is COC(=O)C(Oc1ccc(CO)cc1C(C)C)c1cccc(Cl)c1. The average molecular weight is 349 g/mol. The highest BCUT2D eigenvalue weighted by Crippen LogP contribution is 2.32. The highest BCUT2D eigenvalue weighted by Gasteiger charge is 2.25. The molecule has 0 radical (unpaired) electrons. The number of rotatable bonds is 6. The lowest BCUT2D eigenvalue weighted by Crippen LogP contribution is -2.21. The quantitative estimate of drug-likeness (QED) is 0.793. The van der Waals surface area contributed by atoms with E-state index in [1.165, 1.54) is 7.11 Å². The Morgan fingerprint density at radius 3 is 2.54 bits per heavy atom. The van der Waals surface area contributed by atoms with Gasteiger partial charge in [0.25, 0.3) is 0 Å². The molecule has 0 amide bonds. The fourth-order valence-corrected chi connectivity index (χ4v) is 2.61. The third kappa shape index (κ3) is 4.28. The molecular formula is C19H21ClO4. The summed E-state index contributed by atoms with van der Waals surface area (Å²) in [6, 6.07) is 12.4. The Hall–Kier alpha value is -2.04. The topological polar surface area (TPSA) is 55.8 Å². The zero-order valence-electron chi connectivity index (χ0n) is 14.0. The summed E-state index contributed by atoms with van der Waals surface area (Å²) >= 11 is 6.03. The van der Waals surface area contributed by atoms with Crippen molar-refractivity contribution in [3.05, 3.63) is 64.2 Å². The second-order valence-corrected chi connectivity index (χ2v) is 6.20. The molecule has 2 rings (SSSR count). The number of hydrogen-bond donors (Lipinski definition) is 1. The Balaban J connectivity index is 2.42. The third-order valence-electron chi connectivity index (χ3n) is 3.69. The van der Waals surface area contributed by atoms with E-state index in [4.69, 9.17) is 21.1 Å². The van der Waals surface area contributed by atoms with Crippen molar-refractivity contribution in [3.63, 3.8) is 0 Å². The molecule has 5 heteroatoms. The highest BCUT2D eigenvalue weighted by atomic mass is 35.5. The summed E-state index contributed by atoms with van der Waals surface area (Å²) in [6.07, 6.45) is -0.911. The normalized spacial score (nSPS) is 12.1. The number of carbonyl (C=O) groups is 1. The number of ether oxygens (including phenoxy) is 2. The van der Waals surface area contributed by atoms with Crippen molar-refractivity contribution < 1.29 is 19.4 Å². The molecule has 24 heavy (non-hydrogen) atoms. The van der Waals surface area contributed by atoms with Crippen molar-refractivity contribution in [2.45, 2.75) is 32.5 Å². The van der Waals surface area contributed by atoms with Crippen LogP contribution in [0.25, 0.3) is 0 Å². The number of esters is 1. The molecule has 2 aromatic rings. The van der Waals surface area contributed by atoms with Gasteiger partial charge >= 0.3 is 5.97 Å². The fraction of sp³-hybridized carbons (Fsp3) is 0.316. The van der Waals surface area contributed by atoms with Crippen LogP contribution in [0.4, 0.5) is 0 Å². The van der Waals surface area contributed by atoms with E-state index in [1.807, 2.05) is 19.9 Å². The van der Waals surface area contributed by atoms with Gasteiger partial charge < -0.3 is 14.6 Å². The van der Waals surface area contributed by atoms with E-state index in [9.17, 15) is 9.90 Å². The molecule has 0 aliphatic heterocycles. The van der Waals surface area contributed by atoms with Gasteiger partial charge in [-0.25, -0.2) is 4.79 Å². The van der Waals surface area contributed by atoms with Crippen LogP contribution in [-0.2, 0) is 16.1 Å². The van der Waals surface area contributed by atoms with Gasteiger partial charge in [0.2, 0.25) is 6.10 Å². The molecule has 0 spiro atoms. The van der Waals surface area contributed by atoms with Gasteiger partial charge in [0, 0.05) is 10.6 Å². The smallest absolute Gasteiger partial charge is 0.351 e. The molecule has 128 valence electrons. The van der Waals surface area contributed by atoms with Crippen LogP contribution in [0.15, 0.2) is 42.5 Å². The number of aliphatic hydroxyl groups is 1. The van der Waals surface area contributed by atoms with E-state index >= 15 is 0 Å². The molecule has 0 aliphatic carbocycles. The largest absolute Gasteiger partial charge is 0.474 e. The Morgan fingerprint density at radius 1 is 1.21 bits per heavy atom. The number of halogens is 1. The van der Waals surface area contributed by atoms with Gasteiger partial charge in [0.15, 0.2) is 0 Å². The lowest BCUT2D eigenvalue weighted by molar-refractivity contribution is -0.149. The lowest BCUT2D eigenvalue weighted by atomic mass is 9.99. The maximum absolute atomic E-state index is 12.2. The van der Waals surface area contributed by atoms with Crippen molar-refractivity contribution in [2.24, 2.45) is 0 Å². The first kappa shape index (κ1) is 18.3. The van der Waals surface area contributed by atoms with Crippen molar-refractivity contribution in [3.8, 4) is 5.75 Å². The summed E-state index contributed by atoms with van der Waals surface area (Å²) < 4.78 is 10.9. The second-order valence-electron chi connectivity index (χ2n) is 5.76. The van der Waals surface area contributed by atoms with Crippen molar-refractivity contribution >= 4 is 17.6 Å². The molecule has 2 aromatic carbocycles. The molecule has 0 bridgehead atoms. The van der Waals surface area contributed by atoms with E-state index < -0.39 is 12.1 Å². The number of benzene rings is 2. The van der Waals surface area contributed by atoms with Gasteiger partial charge in [0.05, 0.1) is 13.7 Å². The maximum Gasteiger partial charge on any atom is 0.351 e. The van der Waals surface area contributed by atoms with Gasteiger partial charge in [-0.05, 0) is 41.3 Å². The summed E-state index contributed by atoms with van der Waals surface area (Å²) in [5.74, 6) is 0.250. The van der Waals surface area contributed by atoms with Crippen molar-refractivity contribution in [1.29, 1.82) is 0 Å². The average Bonchev–Trinajstić information content (AvgIpc) is 2.58. The minimum absolute atomic E-state index is 0.0469. The molecule has 0 heterocycles. The first-order valence-corrected chi connectivity index (χ1v) is 8.07. The van der Waals surface area contributed by atoms with E-state index in [-0.39, 0.29) is 12.5 Å². The van der Waals surface area contributed by atoms with Gasteiger partial charge in [-0.3, -0.25) is 0 Å². The van der Waals surface area contributed by atoms with Gasteiger partial charge in [-0.15, -0.1) is 0 Å². The van der Waals surface area contributed by atoms with Crippen LogP contribution in [0.5, 0.6) is 5.75 Å². The first-order valence-electron chi connectivity index (χ1n) is 7.70. The Kier molecular flexibility index (Phi) is 6.23. The van der Waals surface area contributed by atoms with Crippen LogP contribution in [0.1, 0.15) is 42.6 Å². The minimum Gasteiger partial charge on any atom is -0.474 e. The van der Waals surface area contributed by atoms with Crippen LogP contribution in [0.3, 0.4) is 0 Å². The number of hydrogen-bond acceptors (Lipinski definition) is 4. The third-order valence-corrected chi connectivity index (χ3v) is 3.93. The molecule has 1 atom stereocenters. The summed E-state index contributed by atoms with van der Waals surface area (Å²) in [5.41, 5.74) is 2.33. The number of carbonyl (C=O) groups excluding carboxylic acids is 1. The van der Waals surface area contributed by atoms with E-state index in [0.717, 1.165) is 11.1 Å². The summed E-state index contributed by atoms with van der Waals surface area (Å²) in [5, 5.41) is 9.84. The van der Waals surface area contributed by atoms with Gasteiger partial charge in [0.1, 0.15) is 5.75 Å². The molecule has 0 saturated heterocycles. The molecule has 1 unspecified atom stereocenters. The van der Waals surface area contributed by atoms with E-state index in [1.54, 1.807) is 36.4 Å². The Labute approximate surface area is 147 Å². The first-order chi connectivity index (χ1) is 11.5. The maximum atomic E-state index is 12.2. The monoisotopic (exact) mass is 348 g/mol. The zero-order valence-corrected chi connectivity index (χ0v) is 14.7. The molecule has 0 fully saturated rings. The molecule has 0 aromatic heterocycles. The summed E-state index contributed by atoms with van der Waals surface area (Å²) in [7, 11) is 1.32. The zero-order chi connectivity index (χ0) is 17.7. The standard InChI is InChI=1S/C19H21ClO4/c1-12(2)16-9-13(11-21)7-8-17(16)24-18(19(22)23-3)14-5-4-6-15(20)10-14/h4-10,12,18,21H,11H2,1-3H3. The van der Waals surface area contributed by atoms with Crippen LogP contribution in [-0.4, -0.2) is 18.2 Å². The minimum atomic E-state index is -0.911. The molecule has 1 N–H and O–H groups in total. The van der Waals surface area contributed by atoms with E-state index in [2.05, 4.69) is 0 Å².